The summed E-state index contributed by atoms with van der Waals surface area (Å²) < 4.78 is 18.9. The molecule has 2 aliphatic rings. The second-order valence-electron chi connectivity index (χ2n) is 5.85. The van der Waals surface area contributed by atoms with Crippen molar-refractivity contribution in [1.82, 2.24) is 15.3 Å². The van der Waals surface area contributed by atoms with Crippen LogP contribution in [0, 0.1) is 11.2 Å². The van der Waals surface area contributed by atoms with Crippen LogP contribution >= 0.6 is 11.6 Å². The number of ether oxygens (including phenoxy) is 1. The van der Waals surface area contributed by atoms with Crippen LogP contribution in [0.3, 0.4) is 0 Å². The molecule has 0 aliphatic carbocycles. The Labute approximate surface area is 132 Å². The fourth-order valence-corrected chi connectivity index (χ4v) is 3.12. The largest absolute Gasteiger partial charge is 0.450 e. The average molecular weight is 321 g/mol. The number of nitrogens with zero attached hydrogens (tertiary/aromatic N) is 3. The molecule has 22 heavy (non-hydrogen) atoms. The fraction of sp³-hybridized carbons (Fsp3) is 0.333. The number of benzene rings is 1. The molecule has 2 fully saturated rings. The van der Waals surface area contributed by atoms with Crippen molar-refractivity contribution in [2.75, 3.05) is 31.1 Å². The summed E-state index contributed by atoms with van der Waals surface area (Å²) >= 11 is 6.01. The summed E-state index contributed by atoms with van der Waals surface area (Å²) in [6, 6.07) is 4.03. The number of hydrogen-bond donors (Lipinski definition) is 1. The molecule has 7 heteroatoms. The first-order chi connectivity index (χ1) is 10.7. The molecular formula is C15H14ClFN4O. The minimum absolute atomic E-state index is 0.220. The van der Waals surface area contributed by atoms with Gasteiger partial charge in [-0.25, -0.2) is 14.4 Å². The molecule has 1 spiro atoms. The predicted molar refractivity (Wildman–Crippen MR) is 81.0 cm³/mol. The summed E-state index contributed by atoms with van der Waals surface area (Å²) in [7, 11) is 0. The molecule has 0 radical (unpaired) electrons. The molecule has 3 heterocycles. The Bertz CT molecular complexity index is 714. The van der Waals surface area contributed by atoms with Gasteiger partial charge in [0.05, 0.1) is 11.2 Å². The molecule has 2 aliphatic heterocycles. The van der Waals surface area contributed by atoms with Crippen molar-refractivity contribution in [1.29, 1.82) is 0 Å². The molecule has 0 atom stereocenters. The van der Waals surface area contributed by atoms with Gasteiger partial charge in [-0.15, -0.1) is 0 Å². The van der Waals surface area contributed by atoms with Gasteiger partial charge >= 0.3 is 0 Å². The van der Waals surface area contributed by atoms with Crippen molar-refractivity contribution in [3.05, 3.63) is 41.6 Å². The van der Waals surface area contributed by atoms with E-state index in [1.54, 1.807) is 6.20 Å². The molecule has 0 bridgehead atoms. The molecular weight excluding hydrogens is 307 g/mol. The van der Waals surface area contributed by atoms with E-state index in [-0.39, 0.29) is 5.02 Å². The van der Waals surface area contributed by atoms with Crippen LogP contribution in [0.2, 0.25) is 5.02 Å². The molecule has 2 saturated heterocycles. The van der Waals surface area contributed by atoms with Crippen LogP contribution in [0.4, 0.5) is 10.2 Å². The van der Waals surface area contributed by atoms with E-state index in [4.69, 9.17) is 16.3 Å². The summed E-state index contributed by atoms with van der Waals surface area (Å²) in [4.78, 5) is 10.5. The third-order valence-electron chi connectivity index (χ3n) is 4.12. The van der Waals surface area contributed by atoms with Gasteiger partial charge in [0.1, 0.15) is 17.9 Å². The third kappa shape index (κ3) is 2.28. The van der Waals surface area contributed by atoms with E-state index in [1.807, 2.05) is 0 Å². The highest BCUT2D eigenvalue weighted by molar-refractivity contribution is 6.32. The highest BCUT2D eigenvalue weighted by atomic mass is 35.5. The van der Waals surface area contributed by atoms with E-state index in [0.29, 0.717) is 16.9 Å². The standard InChI is InChI=1S/C15H14ClFN4O/c16-11-3-10(17)1-2-12(11)22-13-4-18-9-20-14(13)21-7-15(8-21)5-19-6-15/h1-4,9,19H,5-8H2. The summed E-state index contributed by atoms with van der Waals surface area (Å²) in [5.74, 6) is 1.26. The Hall–Kier alpha value is -1.92. The van der Waals surface area contributed by atoms with Crippen molar-refractivity contribution < 1.29 is 9.13 Å². The van der Waals surface area contributed by atoms with E-state index >= 15 is 0 Å². The van der Waals surface area contributed by atoms with Gasteiger partial charge in [0, 0.05) is 31.6 Å². The zero-order valence-electron chi connectivity index (χ0n) is 11.7. The predicted octanol–water partition coefficient (Wildman–Crippen LogP) is 2.47. The zero-order valence-corrected chi connectivity index (χ0v) is 12.5. The second-order valence-corrected chi connectivity index (χ2v) is 6.25. The molecule has 4 rings (SSSR count). The van der Waals surface area contributed by atoms with Gasteiger partial charge < -0.3 is 15.0 Å². The maximum Gasteiger partial charge on any atom is 0.188 e. The quantitative estimate of drug-likeness (QED) is 0.941. The van der Waals surface area contributed by atoms with Gasteiger partial charge in [0.25, 0.3) is 0 Å². The van der Waals surface area contributed by atoms with Gasteiger partial charge in [-0.2, -0.15) is 0 Å². The first-order valence-electron chi connectivity index (χ1n) is 7.04. The monoisotopic (exact) mass is 320 g/mol. The normalized spacial score (nSPS) is 18.7. The Balaban J connectivity index is 1.57. The van der Waals surface area contributed by atoms with Crippen LogP contribution in [0.1, 0.15) is 0 Å². The van der Waals surface area contributed by atoms with Crippen molar-refractivity contribution in [3.63, 3.8) is 0 Å². The second kappa shape index (κ2) is 5.07. The third-order valence-corrected chi connectivity index (χ3v) is 4.42. The first kappa shape index (κ1) is 13.7. The van der Waals surface area contributed by atoms with Crippen molar-refractivity contribution in [2.24, 2.45) is 5.41 Å². The SMILES string of the molecule is Fc1ccc(Oc2cncnc2N2CC3(CNC3)C2)c(Cl)c1. The Kier molecular flexibility index (Phi) is 3.16. The lowest BCUT2D eigenvalue weighted by Crippen LogP contribution is -2.71. The number of halogens is 2. The lowest BCUT2D eigenvalue weighted by molar-refractivity contribution is 0.120. The molecule has 0 saturated carbocycles. The van der Waals surface area contributed by atoms with Crippen LogP contribution in [0.25, 0.3) is 0 Å². The molecule has 1 aromatic carbocycles. The van der Waals surface area contributed by atoms with Gasteiger partial charge in [-0.05, 0) is 18.2 Å². The Morgan fingerprint density at radius 2 is 2.09 bits per heavy atom. The molecule has 1 aromatic heterocycles. The van der Waals surface area contributed by atoms with Crippen molar-refractivity contribution in [3.8, 4) is 11.5 Å². The number of aromatic nitrogens is 2. The van der Waals surface area contributed by atoms with E-state index < -0.39 is 5.82 Å². The van der Waals surface area contributed by atoms with Crippen LogP contribution in [-0.2, 0) is 0 Å². The number of nitrogens with one attached hydrogen (secondary N) is 1. The smallest absolute Gasteiger partial charge is 0.188 e. The summed E-state index contributed by atoms with van der Waals surface area (Å²) in [6.45, 7) is 4.00. The zero-order chi connectivity index (χ0) is 15.2. The summed E-state index contributed by atoms with van der Waals surface area (Å²) in [5, 5.41) is 3.52. The Morgan fingerprint density at radius 3 is 2.77 bits per heavy atom. The van der Waals surface area contributed by atoms with Crippen LogP contribution in [0.5, 0.6) is 11.5 Å². The van der Waals surface area contributed by atoms with Crippen LogP contribution in [-0.4, -0.2) is 36.1 Å². The van der Waals surface area contributed by atoms with E-state index in [0.717, 1.165) is 32.0 Å². The molecule has 0 unspecified atom stereocenters. The van der Waals surface area contributed by atoms with Crippen molar-refractivity contribution >= 4 is 17.4 Å². The first-order valence-corrected chi connectivity index (χ1v) is 7.42. The lowest BCUT2D eigenvalue weighted by Gasteiger charge is -2.56. The molecule has 5 nitrogen and oxygen atoms in total. The van der Waals surface area contributed by atoms with Gasteiger partial charge in [-0.3, -0.25) is 0 Å². The highest BCUT2D eigenvalue weighted by Crippen LogP contribution is 2.41. The van der Waals surface area contributed by atoms with Crippen LogP contribution < -0.4 is 15.0 Å². The van der Waals surface area contributed by atoms with E-state index in [9.17, 15) is 4.39 Å². The lowest BCUT2D eigenvalue weighted by atomic mass is 9.74. The molecule has 2 aromatic rings. The fourth-order valence-electron chi connectivity index (χ4n) is 2.91. The molecule has 1 N–H and O–H groups in total. The minimum Gasteiger partial charge on any atom is -0.450 e. The summed E-state index contributed by atoms with van der Waals surface area (Å²) in [6.07, 6.45) is 3.10. The van der Waals surface area contributed by atoms with E-state index in [1.165, 1.54) is 24.5 Å². The Morgan fingerprint density at radius 1 is 1.27 bits per heavy atom. The van der Waals surface area contributed by atoms with E-state index in [2.05, 4.69) is 20.2 Å². The topological polar surface area (TPSA) is 50.3 Å². The maximum absolute atomic E-state index is 13.1. The summed E-state index contributed by atoms with van der Waals surface area (Å²) in [5.41, 5.74) is 0.385. The number of anilines is 1. The highest BCUT2D eigenvalue weighted by Gasteiger charge is 2.48. The number of rotatable bonds is 3. The van der Waals surface area contributed by atoms with Gasteiger partial charge in [0.15, 0.2) is 11.6 Å². The van der Waals surface area contributed by atoms with Crippen molar-refractivity contribution in [2.45, 2.75) is 0 Å². The molecule has 0 amide bonds. The van der Waals surface area contributed by atoms with Gasteiger partial charge in [-0.1, -0.05) is 11.6 Å². The minimum atomic E-state index is -0.399. The number of hydrogen-bond acceptors (Lipinski definition) is 5. The van der Waals surface area contributed by atoms with Crippen LogP contribution in [0.15, 0.2) is 30.7 Å². The van der Waals surface area contributed by atoms with Gasteiger partial charge in [0.2, 0.25) is 0 Å². The maximum atomic E-state index is 13.1. The molecule has 114 valence electrons. The average Bonchev–Trinajstić information content (AvgIpc) is 2.40.